The van der Waals surface area contributed by atoms with E-state index in [9.17, 15) is 4.79 Å². The summed E-state index contributed by atoms with van der Waals surface area (Å²) in [5.41, 5.74) is 3.27. The van der Waals surface area contributed by atoms with Crippen LogP contribution in [0.2, 0.25) is 0 Å². The predicted molar refractivity (Wildman–Crippen MR) is 134 cm³/mol. The number of rotatable bonds is 11. The molecule has 0 fully saturated rings. The topological polar surface area (TPSA) is 104 Å². The number of carbonyl (C=O) groups is 1. The average Bonchev–Trinajstić information content (AvgIpc) is 2.86. The second kappa shape index (κ2) is 11.6. The first kappa shape index (κ1) is 23.7. The maximum atomic E-state index is 11.6. The number of aldehydes is 1. The monoisotopic (exact) mass is 447 g/mol. The van der Waals surface area contributed by atoms with Crippen LogP contribution >= 0.6 is 0 Å². The molecule has 0 radical (unpaired) electrons. The molecule has 9 nitrogen and oxygen atoms in total. The molecule has 0 saturated heterocycles. The number of aromatic nitrogens is 2. The first-order valence-electron chi connectivity index (χ1n) is 10.5. The van der Waals surface area contributed by atoms with E-state index in [1.165, 1.54) is 0 Å². The quantitative estimate of drug-likeness (QED) is 0.304. The van der Waals surface area contributed by atoms with E-state index >= 15 is 0 Å². The van der Waals surface area contributed by atoms with Crippen molar-refractivity contribution in [1.82, 2.24) is 15.3 Å². The molecule has 172 valence electrons. The van der Waals surface area contributed by atoms with Gasteiger partial charge in [0.15, 0.2) is 12.1 Å². The highest BCUT2D eigenvalue weighted by atomic mass is 16.5. The minimum atomic E-state index is 0.305. The number of methoxy groups -OCH3 is 1. The fraction of sp³-hybridized carbons (Fsp3) is 0.250. The SMILES string of the molecule is CNCCN(C)c1ccc(Nc2ncc(/N=C(\C=O)c3ccccc3)c(NC)n2)cc1OC. The molecule has 0 bridgehead atoms. The van der Waals surface area contributed by atoms with Crippen LogP contribution in [0.1, 0.15) is 5.56 Å². The van der Waals surface area contributed by atoms with Crippen molar-refractivity contribution < 1.29 is 9.53 Å². The second-order valence-electron chi connectivity index (χ2n) is 7.20. The molecule has 0 aliphatic rings. The van der Waals surface area contributed by atoms with Gasteiger partial charge in [0.1, 0.15) is 17.1 Å². The summed E-state index contributed by atoms with van der Waals surface area (Å²) in [6, 6.07) is 15.1. The Bertz CT molecular complexity index is 1100. The highest BCUT2D eigenvalue weighted by Gasteiger charge is 2.12. The molecule has 0 spiro atoms. The maximum absolute atomic E-state index is 11.6. The number of carbonyl (C=O) groups excluding carboxylic acids is 1. The van der Waals surface area contributed by atoms with E-state index < -0.39 is 0 Å². The third-order valence-corrected chi connectivity index (χ3v) is 4.97. The number of ether oxygens (including phenoxy) is 1. The third kappa shape index (κ3) is 6.05. The van der Waals surface area contributed by atoms with Crippen LogP contribution in [0, 0.1) is 0 Å². The van der Waals surface area contributed by atoms with E-state index in [-0.39, 0.29) is 0 Å². The van der Waals surface area contributed by atoms with Crippen molar-refractivity contribution in [3.63, 3.8) is 0 Å². The lowest BCUT2D eigenvalue weighted by Gasteiger charge is -2.22. The Kier molecular flexibility index (Phi) is 8.31. The van der Waals surface area contributed by atoms with Crippen molar-refractivity contribution in [1.29, 1.82) is 0 Å². The van der Waals surface area contributed by atoms with Gasteiger partial charge in [-0.15, -0.1) is 0 Å². The minimum absolute atomic E-state index is 0.305. The van der Waals surface area contributed by atoms with Crippen molar-refractivity contribution in [2.75, 3.05) is 56.9 Å². The maximum Gasteiger partial charge on any atom is 0.229 e. The van der Waals surface area contributed by atoms with E-state index in [0.717, 1.165) is 42.1 Å². The lowest BCUT2D eigenvalue weighted by atomic mass is 10.1. The number of benzene rings is 2. The largest absolute Gasteiger partial charge is 0.495 e. The van der Waals surface area contributed by atoms with Crippen LogP contribution in [-0.4, -0.2) is 63.3 Å². The molecule has 0 amide bonds. The summed E-state index contributed by atoms with van der Waals surface area (Å²) >= 11 is 0. The van der Waals surface area contributed by atoms with Crippen LogP contribution in [0.5, 0.6) is 5.75 Å². The van der Waals surface area contributed by atoms with E-state index in [1.807, 2.05) is 62.6 Å². The molecule has 0 atom stereocenters. The van der Waals surface area contributed by atoms with Gasteiger partial charge in [0.25, 0.3) is 0 Å². The Balaban J connectivity index is 1.84. The van der Waals surface area contributed by atoms with Gasteiger partial charge in [-0.05, 0) is 19.2 Å². The first-order valence-corrected chi connectivity index (χ1v) is 10.5. The standard InChI is InChI=1S/C24H29N7O2/c1-25-12-13-31(3)21-11-10-18(14-22(21)33-4)28-24-27-15-19(23(26-2)30-24)29-20(16-32)17-8-6-5-7-9-17/h5-11,14-16,25H,12-13H2,1-4H3,(H2,26,27,28,30)/b29-20+. The zero-order valence-corrected chi connectivity index (χ0v) is 19.3. The van der Waals surface area contributed by atoms with E-state index in [0.29, 0.717) is 23.2 Å². The number of likely N-dealkylation sites (N-methyl/N-ethyl adjacent to an activating group) is 2. The fourth-order valence-corrected chi connectivity index (χ4v) is 3.20. The third-order valence-electron chi connectivity index (χ3n) is 4.97. The smallest absolute Gasteiger partial charge is 0.229 e. The van der Waals surface area contributed by atoms with Gasteiger partial charge in [0, 0.05) is 44.5 Å². The number of hydrogen-bond donors (Lipinski definition) is 3. The van der Waals surface area contributed by atoms with Crippen LogP contribution in [0.3, 0.4) is 0 Å². The molecule has 2 aromatic carbocycles. The number of nitrogens with one attached hydrogen (secondary N) is 3. The minimum Gasteiger partial charge on any atom is -0.495 e. The zero-order chi connectivity index (χ0) is 23.6. The summed E-state index contributed by atoms with van der Waals surface area (Å²) < 4.78 is 5.58. The zero-order valence-electron chi connectivity index (χ0n) is 19.3. The fourth-order valence-electron chi connectivity index (χ4n) is 3.20. The lowest BCUT2D eigenvalue weighted by Crippen LogP contribution is -2.27. The lowest BCUT2D eigenvalue weighted by molar-refractivity contribution is -0.102. The van der Waals surface area contributed by atoms with Gasteiger partial charge in [0.05, 0.1) is 19.0 Å². The van der Waals surface area contributed by atoms with Gasteiger partial charge in [0.2, 0.25) is 5.95 Å². The number of anilines is 4. The van der Waals surface area contributed by atoms with Crippen LogP contribution in [0.15, 0.2) is 59.7 Å². The van der Waals surface area contributed by atoms with Crippen molar-refractivity contribution in [2.24, 2.45) is 4.99 Å². The molecular formula is C24H29N7O2. The molecule has 0 aliphatic carbocycles. The van der Waals surface area contributed by atoms with Crippen LogP contribution in [0.25, 0.3) is 0 Å². The molecule has 3 aromatic rings. The van der Waals surface area contributed by atoms with Crippen molar-refractivity contribution >= 4 is 40.8 Å². The van der Waals surface area contributed by atoms with Crippen LogP contribution < -0.4 is 25.6 Å². The Labute approximate surface area is 193 Å². The molecule has 3 N–H and O–H groups in total. The molecule has 0 unspecified atom stereocenters. The number of hydrogen-bond acceptors (Lipinski definition) is 9. The first-order chi connectivity index (χ1) is 16.1. The molecule has 1 aromatic heterocycles. The highest BCUT2D eigenvalue weighted by molar-refractivity contribution is 6.36. The summed E-state index contributed by atoms with van der Waals surface area (Å²) in [5, 5.41) is 9.36. The van der Waals surface area contributed by atoms with Gasteiger partial charge >= 0.3 is 0 Å². The average molecular weight is 448 g/mol. The number of nitrogens with zero attached hydrogens (tertiary/aromatic N) is 4. The van der Waals surface area contributed by atoms with E-state index in [1.54, 1.807) is 20.4 Å². The van der Waals surface area contributed by atoms with Crippen LogP contribution in [-0.2, 0) is 4.79 Å². The Morgan fingerprint density at radius 3 is 2.64 bits per heavy atom. The highest BCUT2D eigenvalue weighted by Crippen LogP contribution is 2.32. The van der Waals surface area contributed by atoms with Crippen molar-refractivity contribution in [3.8, 4) is 5.75 Å². The molecule has 0 saturated carbocycles. The van der Waals surface area contributed by atoms with Crippen molar-refractivity contribution in [3.05, 3.63) is 60.3 Å². The number of aliphatic imine (C=N–C) groups is 1. The summed E-state index contributed by atoms with van der Waals surface area (Å²) in [6.45, 7) is 1.72. The Morgan fingerprint density at radius 1 is 1.18 bits per heavy atom. The Morgan fingerprint density at radius 2 is 1.97 bits per heavy atom. The molecule has 1 heterocycles. The summed E-state index contributed by atoms with van der Waals surface area (Å²) in [6.07, 6.45) is 2.30. The molecule has 9 heteroatoms. The molecule has 33 heavy (non-hydrogen) atoms. The Hall–Kier alpha value is -3.98. The summed E-state index contributed by atoms with van der Waals surface area (Å²) in [7, 11) is 7.34. The van der Waals surface area contributed by atoms with Gasteiger partial charge in [-0.2, -0.15) is 4.98 Å². The van der Waals surface area contributed by atoms with Gasteiger partial charge in [-0.3, -0.25) is 4.79 Å². The second-order valence-corrected chi connectivity index (χ2v) is 7.20. The van der Waals surface area contributed by atoms with Gasteiger partial charge in [-0.1, -0.05) is 30.3 Å². The van der Waals surface area contributed by atoms with Crippen LogP contribution in [0.4, 0.5) is 28.8 Å². The van der Waals surface area contributed by atoms with Gasteiger partial charge in [-0.25, -0.2) is 9.98 Å². The molecular weight excluding hydrogens is 418 g/mol. The van der Waals surface area contributed by atoms with Crippen molar-refractivity contribution in [2.45, 2.75) is 0 Å². The van der Waals surface area contributed by atoms with E-state index in [4.69, 9.17) is 4.74 Å². The predicted octanol–water partition coefficient (Wildman–Crippen LogP) is 3.25. The summed E-state index contributed by atoms with van der Waals surface area (Å²) in [5.74, 6) is 1.63. The normalized spacial score (nSPS) is 11.1. The van der Waals surface area contributed by atoms with E-state index in [2.05, 4.69) is 35.8 Å². The van der Waals surface area contributed by atoms with Gasteiger partial charge < -0.3 is 25.6 Å². The summed E-state index contributed by atoms with van der Waals surface area (Å²) in [4.78, 5) is 27.0. The molecule has 0 aliphatic heterocycles. The molecule has 3 rings (SSSR count).